The number of nitrogens with zero attached hydrogens (tertiary/aromatic N) is 2. The standard InChI is InChI=1S/C20H19FN2O/c21-18-17-7-6-15(13-4-2-1-3-5-13)19(18)23(17)20(24)16-12-22-10-8-14(16)9-11-22/h1-7,14,16H,8-12H2. The number of carbonyl (C=O) groups excluding carboxylic acids is 1. The van der Waals surface area contributed by atoms with E-state index in [9.17, 15) is 9.18 Å². The van der Waals surface area contributed by atoms with Gasteiger partial charge in [0.1, 0.15) is 0 Å². The molecule has 0 spiro atoms. The maximum absolute atomic E-state index is 14.5. The molecule has 1 aromatic rings. The van der Waals surface area contributed by atoms with Gasteiger partial charge in [-0.1, -0.05) is 30.3 Å². The Bertz CT molecular complexity index is 800. The van der Waals surface area contributed by atoms with E-state index in [2.05, 4.69) is 4.90 Å². The second-order valence-electron chi connectivity index (χ2n) is 7.08. The van der Waals surface area contributed by atoms with Crippen molar-refractivity contribution in [1.82, 2.24) is 9.80 Å². The molecule has 4 heteroatoms. The molecule has 3 nitrogen and oxygen atoms in total. The van der Waals surface area contributed by atoms with Crippen molar-refractivity contribution in [1.29, 1.82) is 0 Å². The number of benzene rings is 1. The predicted molar refractivity (Wildman–Crippen MR) is 90.1 cm³/mol. The molecule has 3 saturated heterocycles. The van der Waals surface area contributed by atoms with Gasteiger partial charge in [-0.2, -0.15) is 0 Å². The van der Waals surface area contributed by atoms with Crippen LogP contribution in [0.25, 0.3) is 5.57 Å². The topological polar surface area (TPSA) is 23.6 Å². The Kier molecular flexibility index (Phi) is 3.04. The Morgan fingerprint density at radius 3 is 2.46 bits per heavy atom. The van der Waals surface area contributed by atoms with Gasteiger partial charge in [-0.3, -0.25) is 9.69 Å². The smallest absolute Gasteiger partial charge is 0.236 e. The zero-order valence-corrected chi connectivity index (χ0v) is 13.4. The molecule has 1 atom stereocenters. The summed E-state index contributed by atoms with van der Waals surface area (Å²) in [5, 5.41) is 0. The molecule has 0 saturated carbocycles. The molecule has 0 N–H and O–H groups in total. The first-order valence-corrected chi connectivity index (χ1v) is 8.68. The Balaban J connectivity index is 1.46. The highest BCUT2D eigenvalue weighted by Gasteiger charge is 2.47. The summed E-state index contributed by atoms with van der Waals surface area (Å²) in [7, 11) is 0. The third-order valence-electron chi connectivity index (χ3n) is 5.84. The predicted octanol–water partition coefficient (Wildman–Crippen LogP) is 3.33. The van der Waals surface area contributed by atoms with E-state index in [4.69, 9.17) is 0 Å². The van der Waals surface area contributed by atoms with Crippen molar-refractivity contribution < 1.29 is 9.18 Å². The minimum Gasteiger partial charge on any atom is -0.303 e. The monoisotopic (exact) mass is 322 g/mol. The van der Waals surface area contributed by atoms with Crippen LogP contribution in [0.15, 0.2) is 59.7 Å². The van der Waals surface area contributed by atoms with Crippen LogP contribution in [-0.2, 0) is 4.79 Å². The van der Waals surface area contributed by atoms with Crippen molar-refractivity contribution in [2.75, 3.05) is 19.6 Å². The molecule has 0 aliphatic carbocycles. The fourth-order valence-corrected chi connectivity index (χ4v) is 4.50. The molecule has 5 aliphatic heterocycles. The van der Waals surface area contributed by atoms with Gasteiger partial charge in [0.2, 0.25) is 5.91 Å². The number of amides is 1. The first-order chi connectivity index (χ1) is 11.7. The van der Waals surface area contributed by atoms with Gasteiger partial charge in [0, 0.05) is 12.1 Å². The highest BCUT2D eigenvalue weighted by atomic mass is 19.1. The lowest BCUT2D eigenvalue weighted by Gasteiger charge is -2.48. The minimum atomic E-state index is -0.244. The van der Waals surface area contributed by atoms with Crippen LogP contribution in [0.5, 0.6) is 0 Å². The average Bonchev–Trinajstić information content (AvgIpc) is 2.67. The Hall–Kier alpha value is -2.20. The summed E-state index contributed by atoms with van der Waals surface area (Å²) in [4.78, 5) is 17.1. The van der Waals surface area contributed by atoms with Gasteiger partial charge in [-0.05, 0) is 49.6 Å². The third-order valence-corrected chi connectivity index (χ3v) is 5.84. The van der Waals surface area contributed by atoms with Crippen LogP contribution < -0.4 is 0 Å². The lowest BCUT2D eigenvalue weighted by Crippen LogP contribution is -2.54. The van der Waals surface area contributed by atoms with Crippen LogP contribution >= 0.6 is 0 Å². The van der Waals surface area contributed by atoms with Crippen LogP contribution in [0.2, 0.25) is 0 Å². The van der Waals surface area contributed by atoms with E-state index in [0.29, 0.717) is 17.3 Å². The average molecular weight is 322 g/mol. The Morgan fingerprint density at radius 2 is 1.83 bits per heavy atom. The SMILES string of the molecule is O=C(C1CN2CCC1CC2)N1c2ccc(-c3ccccc3)c1c2F. The van der Waals surface area contributed by atoms with Crippen LogP contribution in [0, 0.1) is 11.8 Å². The van der Waals surface area contributed by atoms with Crippen LogP contribution in [-0.4, -0.2) is 35.3 Å². The normalized spacial score (nSPS) is 30.7. The van der Waals surface area contributed by atoms with Crippen LogP contribution in [0.4, 0.5) is 4.39 Å². The molecule has 1 aromatic carbocycles. The second kappa shape index (κ2) is 5.15. The van der Waals surface area contributed by atoms with E-state index in [0.717, 1.165) is 43.6 Å². The number of piperidine rings is 3. The number of halogens is 1. The van der Waals surface area contributed by atoms with Gasteiger partial charge in [-0.25, -0.2) is 4.39 Å². The fourth-order valence-electron chi connectivity index (χ4n) is 4.50. The summed E-state index contributed by atoms with van der Waals surface area (Å²) < 4.78 is 14.5. The quantitative estimate of drug-likeness (QED) is 0.834. The van der Waals surface area contributed by atoms with E-state index >= 15 is 0 Å². The van der Waals surface area contributed by atoms with E-state index in [1.807, 2.05) is 36.4 Å². The first kappa shape index (κ1) is 14.2. The van der Waals surface area contributed by atoms with Gasteiger partial charge < -0.3 is 4.90 Å². The summed E-state index contributed by atoms with van der Waals surface area (Å²) in [5.41, 5.74) is 2.65. The lowest BCUT2D eigenvalue weighted by molar-refractivity contribution is -0.139. The maximum Gasteiger partial charge on any atom is 0.236 e. The summed E-state index contributed by atoms with van der Waals surface area (Å²) in [6.45, 7) is 3.03. The molecule has 3 fully saturated rings. The van der Waals surface area contributed by atoms with E-state index in [1.54, 1.807) is 11.0 Å². The van der Waals surface area contributed by atoms with Crippen LogP contribution in [0.1, 0.15) is 18.4 Å². The summed E-state index contributed by atoms with van der Waals surface area (Å²) in [6.07, 6.45) is 5.84. The number of hydrogen-bond acceptors (Lipinski definition) is 2. The van der Waals surface area contributed by atoms with E-state index in [1.165, 1.54) is 0 Å². The van der Waals surface area contributed by atoms with Crippen molar-refractivity contribution in [2.45, 2.75) is 12.8 Å². The molecule has 5 heterocycles. The van der Waals surface area contributed by atoms with Gasteiger partial charge in [0.05, 0.1) is 17.3 Å². The van der Waals surface area contributed by atoms with Crippen molar-refractivity contribution in [3.8, 4) is 0 Å². The summed E-state index contributed by atoms with van der Waals surface area (Å²) in [5.74, 6) is 0.297. The molecule has 6 rings (SSSR count). The van der Waals surface area contributed by atoms with E-state index < -0.39 is 0 Å². The second-order valence-corrected chi connectivity index (χ2v) is 7.08. The largest absolute Gasteiger partial charge is 0.303 e. The van der Waals surface area contributed by atoms with Gasteiger partial charge in [-0.15, -0.1) is 0 Å². The van der Waals surface area contributed by atoms with Crippen molar-refractivity contribution in [3.05, 3.63) is 65.3 Å². The number of carbonyl (C=O) groups is 1. The van der Waals surface area contributed by atoms with Crippen molar-refractivity contribution in [3.63, 3.8) is 0 Å². The molecule has 5 aliphatic rings. The molecule has 122 valence electrons. The molecule has 0 radical (unpaired) electrons. The molecule has 24 heavy (non-hydrogen) atoms. The number of allylic oxidation sites excluding steroid dienone is 4. The lowest BCUT2D eigenvalue weighted by atomic mass is 9.77. The number of hydrogen-bond donors (Lipinski definition) is 0. The van der Waals surface area contributed by atoms with Gasteiger partial charge >= 0.3 is 0 Å². The van der Waals surface area contributed by atoms with Crippen molar-refractivity contribution in [2.24, 2.45) is 11.8 Å². The molecular formula is C20H19FN2O. The highest BCUT2D eigenvalue weighted by molar-refractivity contribution is 5.97. The number of rotatable bonds is 2. The van der Waals surface area contributed by atoms with E-state index in [-0.39, 0.29) is 17.7 Å². The van der Waals surface area contributed by atoms with Crippen molar-refractivity contribution >= 4 is 11.5 Å². The summed E-state index contributed by atoms with van der Waals surface area (Å²) >= 11 is 0. The Labute approximate surface area is 140 Å². The Morgan fingerprint density at radius 1 is 1.08 bits per heavy atom. The zero-order valence-electron chi connectivity index (χ0n) is 13.4. The molecular weight excluding hydrogens is 303 g/mol. The zero-order chi connectivity index (χ0) is 16.3. The molecule has 4 bridgehead atoms. The van der Waals surface area contributed by atoms with Crippen LogP contribution in [0.3, 0.4) is 0 Å². The fraction of sp³-hybridized carbons (Fsp3) is 0.350. The van der Waals surface area contributed by atoms with Gasteiger partial charge in [0.25, 0.3) is 0 Å². The number of fused-ring (bicyclic) bond motifs is 5. The molecule has 0 aromatic heterocycles. The molecule has 1 amide bonds. The summed E-state index contributed by atoms with van der Waals surface area (Å²) in [6, 6.07) is 9.73. The molecule has 1 unspecified atom stereocenters. The minimum absolute atomic E-state index is 0.00845. The first-order valence-electron chi connectivity index (χ1n) is 8.68. The highest BCUT2D eigenvalue weighted by Crippen LogP contribution is 2.48. The maximum atomic E-state index is 14.5. The third kappa shape index (κ3) is 1.89. The van der Waals surface area contributed by atoms with Gasteiger partial charge in [0.15, 0.2) is 5.83 Å².